The molecule has 0 saturated carbocycles. The van der Waals surface area contributed by atoms with Crippen LogP contribution < -0.4 is 5.32 Å². The van der Waals surface area contributed by atoms with Crippen LogP contribution in [0.1, 0.15) is 45.4 Å². The number of methoxy groups -OCH3 is 1. The highest BCUT2D eigenvalue weighted by Crippen LogP contribution is 2.25. The van der Waals surface area contributed by atoms with Crippen molar-refractivity contribution in [2.75, 3.05) is 32.3 Å². The molecule has 0 fully saturated rings. The summed E-state index contributed by atoms with van der Waals surface area (Å²) in [6, 6.07) is 0. The number of hydrogen-bond donors (Lipinski definition) is 1. The van der Waals surface area contributed by atoms with Gasteiger partial charge in [0.2, 0.25) is 5.91 Å². The predicted molar refractivity (Wildman–Crippen MR) is 110 cm³/mol. The number of halogens is 1. The molecule has 3 nitrogen and oxygen atoms in total. The van der Waals surface area contributed by atoms with Crippen molar-refractivity contribution >= 4 is 29.3 Å². The standard InChI is InChI=1S/C20H32ClNO2S/c1-4-8-16(15-24-2)14-22-20(23)18(10-7-12-25-3)13-17-9-5-6-11-19(17)21/h5,9,13,16H,4,6-8,10-12,14-15H2,1-3H3,(H,22,23)/b18-13+. The zero-order valence-electron chi connectivity index (χ0n) is 15.8. The summed E-state index contributed by atoms with van der Waals surface area (Å²) >= 11 is 8.14. The van der Waals surface area contributed by atoms with Crippen LogP contribution in [0.4, 0.5) is 0 Å². The van der Waals surface area contributed by atoms with E-state index in [2.05, 4.69) is 24.6 Å². The van der Waals surface area contributed by atoms with Gasteiger partial charge >= 0.3 is 0 Å². The molecule has 1 amide bonds. The van der Waals surface area contributed by atoms with E-state index < -0.39 is 0 Å². The third kappa shape index (κ3) is 8.98. The van der Waals surface area contributed by atoms with Crippen molar-refractivity contribution in [3.05, 3.63) is 34.4 Å². The van der Waals surface area contributed by atoms with Gasteiger partial charge in [0.05, 0.1) is 6.61 Å². The lowest BCUT2D eigenvalue weighted by molar-refractivity contribution is -0.117. The largest absolute Gasteiger partial charge is 0.384 e. The Balaban J connectivity index is 2.76. The molecule has 1 rings (SSSR count). The Morgan fingerprint density at radius 1 is 1.52 bits per heavy atom. The Hall–Kier alpha value is -0.710. The molecular weight excluding hydrogens is 354 g/mol. The summed E-state index contributed by atoms with van der Waals surface area (Å²) in [5.41, 5.74) is 1.80. The minimum absolute atomic E-state index is 0.0225. The van der Waals surface area contributed by atoms with Crippen molar-refractivity contribution in [1.82, 2.24) is 5.32 Å². The maximum absolute atomic E-state index is 12.7. The van der Waals surface area contributed by atoms with Gasteiger partial charge in [0.1, 0.15) is 0 Å². The van der Waals surface area contributed by atoms with Gasteiger partial charge in [0.25, 0.3) is 0 Å². The molecule has 0 aromatic carbocycles. The Kier molecular flexibility index (Phi) is 12.0. The maximum Gasteiger partial charge on any atom is 0.247 e. The van der Waals surface area contributed by atoms with Gasteiger partial charge in [-0.1, -0.05) is 37.1 Å². The van der Waals surface area contributed by atoms with Crippen LogP contribution >= 0.6 is 23.4 Å². The third-order valence-corrected chi connectivity index (χ3v) is 5.31. The first-order valence-electron chi connectivity index (χ1n) is 9.14. The Morgan fingerprint density at radius 3 is 2.96 bits per heavy atom. The fourth-order valence-electron chi connectivity index (χ4n) is 2.87. The van der Waals surface area contributed by atoms with Crippen molar-refractivity contribution < 1.29 is 9.53 Å². The van der Waals surface area contributed by atoms with Crippen LogP contribution in [0.3, 0.4) is 0 Å². The zero-order valence-corrected chi connectivity index (χ0v) is 17.3. The number of amides is 1. The van der Waals surface area contributed by atoms with Crippen LogP contribution in [0.25, 0.3) is 0 Å². The van der Waals surface area contributed by atoms with Crippen LogP contribution in [0.5, 0.6) is 0 Å². The fourth-order valence-corrected chi connectivity index (χ4v) is 3.53. The second-order valence-corrected chi connectivity index (χ2v) is 7.83. The van der Waals surface area contributed by atoms with E-state index in [0.29, 0.717) is 19.1 Å². The van der Waals surface area contributed by atoms with Crippen LogP contribution in [0.15, 0.2) is 34.4 Å². The molecule has 1 unspecified atom stereocenters. The quantitative estimate of drug-likeness (QED) is 0.376. The Labute approximate surface area is 162 Å². The van der Waals surface area contributed by atoms with Crippen LogP contribution in [-0.4, -0.2) is 38.2 Å². The molecule has 1 aliphatic carbocycles. The summed E-state index contributed by atoms with van der Waals surface area (Å²) in [5, 5.41) is 3.95. The van der Waals surface area contributed by atoms with E-state index >= 15 is 0 Å². The first kappa shape index (κ1) is 22.3. The molecule has 0 radical (unpaired) electrons. The monoisotopic (exact) mass is 385 g/mol. The molecular formula is C20H32ClNO2S. The van der Waals surface area contributed by atoms with Crippen molar-refractivity contribution in [3.8, 4) is 0 Å². The number of allylic oxidation sites excluding steroid dienone is 5. The van der Waals surface area contributed by atoms with E-state index in [1.165, 1.54) is 0 Å². The van der Waals surface area contributed by atoms with E-state index in [-0.39, 0.29) is 5.91 Å². The van der Waals surface area contributed by atoms with Gasteiger partial charge < -0.3 is 10.1 Å². The summed E-state index contributed by atoms with van der Waals surface area (Å²) in [6.45, 7) is 3.49. The summed E-state index contributed by atoms with van der Waals surface area (Å²) in [5.74, 6) is 1.44. The molecule has 0 spiro atoms. The van der Waals surface area contributed by atoms with E-state index in [1.807, 2.05) is 12.2 Å². The van der Waals surface area contributed by atoms with Gasteiger partial charge in [0.15, 0.2) is 0 Å². The normalized spacial score (nSPS) is 16.2. The fraction of sp³-hybridized carbons (Fsp3) is 0.650. The predicted octanol–water partition coefficient (Wildman–Crippen LogP) is 5.08. The molecule has 0 aromatic heterocycles. The van der Waals surface area contributed by atoms with E-state index in [1.54, 1.807) is 18.9 Å². The molecule has 1 atom stereocenters. The molecule has 0 aromatic rings. The van der Waals surface area contributed by atoms with Gasteiger partial charge in [-0.05, 0) is 61.7 Å². The highest BCUT2D eigenvalue weighted by atomic mass is 35.5. The molecule has 1 N–H and O–H groups in total. The number of carbonyl (C=O) groups is 1. The molecule has 5 heteroatoms. The lowest BCUT2D eigenvalue weighted by Gasteiger charge is -2.17. The summed E-state index contributed by atoms with van der Waals surface area (Å²) in [4.78, 5) is 12.7. The number of nitrogens with one attached hydrogen (secondary N) is 1. The highest BCUT2D eigenvalue weighted by Gasteiger charge is 2.14. The lowest BCUT2D eigenvalue weighted by atomic mass is 10.0. The van der Waals surface area contributed by atoms with Crippen molar-refractivity contribution in [2.24, 2.45) is 5.92 Å². The summed E-state index contributed by atoms with van der Waals surface area (Å²) < 4.78 is 5.26. The first-order valence-corrected chi connectivity index (χ1v) is 10.9. The van der Waals surface area contributed by atoms with Crippen LogP contribution in [-0.2, 0) is 9.53 Å². The second-order valence-electron chi connectivity index (χ2n) is 6.39. The lowest BCUT2D eigenvalue weighted by Crippen LogP contribution is -2.32. The Bertz CT molecular complexity index is 494. The maximum atomic E-state index is 12.7. The van der Waals surface area contributed by atoms with E-state index in [0.717, 1.165) is 60.5 Å². The molecule has 0 saturated heterocycles. The van der Waals surface area contributed by atoms with Gasteiger partial charge in [-0.15, -0.1) is 0 Å². The van der Waals surface area contributed by atoms with Crippen molar-refractivity contribution in [1.29, 1.82) is 0 Å². The first-order chi connectivity index (χ1) is 12.1. The van der Waals surface area contributed by atoms with Gasteiger partial charge in [0, 0.05) is 24.3 Å². The van der Waals surface area contributed by atoms with Crippen molar-refractivity contribution in [2.45, 2.75) is 45.4 Å². The van der Waals surface area contributed by atoms with Crippen LogP contribution in [0, 0.1) is 5.92 Å². The second kappa shape index (κ2) is 13.5. The minimum atomic E-state index is 0.0225. The molecule has 0 heterocycles. The van der Waals surface area contributed by atoms with E-state index in [9.17, 15) is 4.79 Å². The van der Waals surface area contributed by atoms with Crippen LogP contribution in [0.2, 0.25) is 0 Å². The third-order valence-electron chi connectivity index (χ3n) is 4.21. The minimum Gasteiger partial charge on any atom is -0.384 e. The number of rotatable bonds is 12. The number of ether oxygens (including phenoxy) is 1. The molecule has 0 bridgehead atoms. The zero-order chi connectivity index (χ0) is 18.5. The summed E-state index contributed by atoms with van der Waals surface area (Å²) in [7, 11) is 1.71. The number of thioether (sulfide) groups is 1. The topological polar surface area (TPSA) is 38.3 Å². The average Bonchev–Trinajstić information content (AvgIpc) is 2.60. The highest BCUT2D eigenvalue weighted by molar-refractivity contribution is 7.98. The average molecular weight is 386 g/mol. The summed E-state index contributed by atoms with van der Waals surface area (Å²) in [6.07, 6.45) is 13.9. The SMILES string of the molecule is CCCC(CNC(=O)/C(=C/C1=C(Cl)CCC=C1)CCCSC)COC. The molecule has 142 valence electrons. The molecule has 1 aliphatic rings. The van der Waals surface area contributed by atoms with Gasteiger partial charge in [-0.2, -0.15) is 11.8 Å². The molecule has 25 heavy (non-hydrogen) atoms. The van der Waals surface area contributed by atoms with Gasteiger partial charge in [-0.25, -0.2) is 0 Å². The number of hydrogen-bond acceptors (Lipinski definition) is 3. The van der Waals surface area contributed by atoms with Crippen molar-refractivity contribution in [3.63, 3.8) is 0 Å². The Morgan fingerprint density at radius 2 is 2.32 bits per heavy atom. The van der Waals surface area contributed by atoms with Gasteiger partial charge in [-0.3, -0.25) is 4.79 Å². The molecule has 0 aliphatic heterocycles. The smallest absolute Gasteiger partial charge is 0.247 e. The number of carbonyl (C=O) groups excluding carboxylic acids is 1. The van der Waals surface area contributed by atoms with E-state index in [4.69, 9.17) is 16.3 Å².